The Bertz CT molecular complexity index is 878. The first-order valence-corrected chi connectivity index (χ1v) is 10.00. The van der Waals surface area contributed by atoms with Gasteiger partial charge in [-0.25, -0.2) is 4.79 Å². The van der Waals surface area contributed by atoms with Crippen molar-refractivity contribution in [2.45, 2.75) is 52.6 Å². The van der Waals surface area contributed by atoms with Crippen molar-refractivity contribution in [2.24, 2.45) is 0 Å². The summed E-state index contributed by atoms with van der Waals surface area (Å²) in [5.74, 6) is -0.655. The molecule has 7 heteroatoms. The lowest BCUT2D eigenvalue weighted by atomic mass is 10.0. The Morgan fingerprint density at radius 2 is 2.00 bits per heavy atom. The fraction of sp³-hybridized carbons (Fsp3) is 0.476. The van der Waals surface area contributed by atoms with E-state index in [-0.39, 0.29) is 18.6 Å². The highest BCUT2D eigenvalue weighted by Gasteiger charge is 2.26. The van der Waals surface area contributed by atoms with Crippen LogP contribution in [0.15, 0.2) is 24.3 Å². The highest BCUT2D eigenvalue weighted by Crippen LogP contribution is 2.21. The molecule has 1 fully saturated rings. The number of likely N-dealkylation sites (tertiary alicyclic amines) is 1. The summed E-state index contributed by atoms with van der Waals surface area (Å²) in [5, 5.41) is 5.11. The molecule has 150 valence electrons. The summed E-state index contributed by atoms with van der Waals surface area (Å²) >= 11 is 6.23. The van der Waals surface area contributed by atoms with Crippen molar-refractivity contribution < 1.29 is 14.3 Å². The third-order valence-corrected chi connectivity index (χ3v) is 5.68. The van der Waals surface area contributed by atoms with Gasteiger partial charge in [0.15, 0.2) is 6.61 Å². The minimum atomic E-state index is -0.515. The van der Waals surface area contributed by atoms with Gasteiger partial charge in [-0.05, 0) is 51.7 Å². The summed E-state index contributed by atoms with van der Waals surface area (Å²) in [4.78, 5) is 26.8. The number of aromatic nitrogens is 2. The van der Waals surface area contributed by atoms with Crippen molar-refractivity contribution in [1.29, 1.82) is 0 Å². The molecule has 1 aliphatic rings. The van der Waals surface area contributed by atoms with Gasteiger partial charge in [-0.2, -0.15) is 5.10 Å². The van der Waals surface area contributed by atoms with Gasteiger partial charge in [0, 0.05) is 17.6 Å². The average molecular weight is 404 g/mol. The topological polar surface area (TPSA) is 64.4 Å². The van der Waals surface area contributed by atoms with Gasteiger partial charge in [-0.15, -0.1) is 0 Å². The molecule has 28 heavy (non-hydrogen) atoms. The van der Waals surface area contributed by atoms with E-state index < -0.39 is 5.97 Å². The van der Waals surface area contributed by atoms with Crippen molar-refractivity contribution in [3.63, 3.8) is 0 Å². The number of rotatable bonds is 5. The molecule has 1 amide bonds. The Morgan fingerprint density at radius 1 is 1.25 bits per heavy atom. The fourth-order valence-electron chi connectivity index (χ4n) is 3.69. The zero-order chi connectivity index (χ0) is 20.3. The quantitative estimate of drug-likeness (QED) is 0.713. The van der Waals surface area contributed by atoms with E-state index in [0.717, 1.165) is 31.4 Å². The van der Waals surface area contributed by atoms with Crippen molar-refractivity contribution in [2.75, 3.05) is 13.2 Å². The van der Waals surface area contributed by atoms with Gasteiger partial charge in [-0.3, -0.25) is 9.48 Å². The standard InChI is InChI=1S/C21H26ClN3O3/c1-14-8-6-7-11-24(14)19(26)13-28-21(27)20-15(2)23-25(16(20)3)12-17-9-4-5-10-18(17)22/h4-5,9-10,14H,6-8,11-13H2,1-3H3/t14-/m0/s1. The Balaban J connectivity index is 1.68. The second-order valence-electron chi connectivity index (χ2n) is 7.30. The number of ether oxygens (including phenoxy) is 1. The maximum absolute atomic E-state index is 12.6. The van der Waals surface area contributed by atoms with Crippen LogP contribution >= 0.6 is 11.6 Å². The molecule has 0 saturated carbocycles. The van der Waals surface area contributed by atoms with Crippen LogP contribution in [-0.4, -0.2) is 45.8 Å². The Kier molecular flexibility index (Phi) is 6.39. The van der Waals surface area contributed by atoms with Crippen LogP contribution in [0, 0.1) is 13.8 Å². The second-order valence-corrected chi connectivity index (χ2v) is 7.71. The fourth-order valence-corrected chi connectivity index (χ4v) is 3.88. The molecule has 0 spiro atoms. The summed E-state index contributed by atoms with van der Waals surface area (Å²) in [7, 11) is 0. The summed E-state index contributed by atoms with van der Waals surface area (Å²) in [5.41, 5.74) is 2.60. The van der Waals surface area contributed by atoms with E-state index in [9.17, 15) is 9.59 Å². The number of aryl methyl sites for hydroxylation is 1. The predicted octanol–water partition coefficient (Wildman–Crippen LogP) is 3.76. The highest BCUT2D eigenvalue weighted by atomic mass is 35.5. The maximum atomic E-state index is 12.6. The second kappa shape index (κ2) is 8.78. The number of hydrogen-bond donors (Lipinski definition) is 0. The molecule has 0 unspecified atom stereocenters. The zero-order valence-electron chi connectivity index (χ0n) is 16.6. The number of benzene rings is 1. The Hall–Kier alpha value is -2.34. The molecule has 2 heterocycles. The van der Waals surface area contributed by atoms with Gasteiger partial charge in [-0.1, -0.05) is 29.8 Å². The van der Waals surface area contributed by atoms with Crippen molar-refractivity contribution in [1.82, 2.24) is 14.7 Å². The smallest absolute Gasteiger partial charge is 0.342 e. The van der Waals surface area contributed by atoms with Crippen LogP contribution in [0.4, 0.5) is 0 Å². The summed E-state index contributed by atoms with van der Waals surface area (Å²) in [6.07, 6.45) is 3.12. The Labute approximate surface area is 170 Å². The highest BCUT2D eigenvalue weighted by molar-refractivity contribution is 6.31. The molecular formula is C21H26ClN3O3. The number of halogens is 1. The van der Waals surface area contributed by atoms with E-state index >= 15 is 0 Å². The largest absolute Gasteiger partial charge is 0.452 e. The lowest BCUT2D eigenvalue weighted by Gasteiger charge is -2.33. The van der Waals surface area contributed by atoms with Crippen LogP contribution in [-0.2, 0) is 16.1 Å². The minimum Gasteiger partial charge on any atom is -0.452 e. The number of carbonyl (C=O) groups excluding carboxylic acids is 2. The van der Waals surface area contributed by atoms with Gasteiger partial charge in [0.05, 0.1) is 17.9 Å². The number of amides is 1. The van der Waals surface area contributed by atoms with E-state index in [1.54, 1.807) is 16.5 Å². The molecule has 0 radical (unpaired) electrons. The normalized spacial score (nSPS) is 16.9. The molecule has 1 aromatic carbocycles. The SMILES string of the molecule is Cc1nn(Cc2ccccc2Cl)c(C)c1C(=O)OCC(=O)N1CCCC[C@@H]1C. The van der Waals surface area contributed by atoms with Crippen LogP contribution in [0.3, 0.4) is 0 Å². The lowest BCUT2D eigenvalue weighted by molar-refractivity contribution is -0.137. The predicted molar refractivity (Wildman–Crippen MR) is 108 cm³/mol. The number of carbonyl (C=O) groups is 2. The maximum Gasteiger partial charge on any atom is 0.342 e. The van der Waals surface area contributed by atoms with Gasteiger partial charge in [0.25, 0.3) is 5.91 Å². The van der Waals surface area contributed by atoms with Crippen LogP contribution in [0.2, 0.25) is 5.02 Å². The number of hydrogen-bond acceptors (Lipinski definition) is 4. The third-order valence-electron chi connectivity index (χ3n) is 5.31. The van der Waals surface area contributed by atoms with Crippen molar-refractivity contribution in [3.05, 3.63) is 51.8 Å². The molecule has 2 aromatic rings. The molecular weight excluding hydrogens is 378 g/mol. The first-order chi connectivity index (χ1) is 13.4. The van der Waals surface area contributed by atoms with Crippen molar-refractivity contribution in [3.8, 4) is 0 Å². The van der Waals surface area contributed by atoms with Gasteiger partial charge >= 0.3 is 5.97 Å². The summed E-state index contributed by atoms with van der Waals surface area (Å²) in [6, 6.07) is 7.73. The number of nitrogens with zero attached hydrogens (tertiary/aromatic N) is 3. The molecule has 1 aromatic heterocycles. The molecule has 6 nitrogen and oxygen atoms in total. The number of piperidine rings is 1. The molecule has 1 aliphatic heterocycles. The van der Waals surface area contributed by atoms with Crippen LogP contribution in [0.5, 0.6) is 0 Å². The van der Waals surface area contributed by atoms with Crippen LogP contribution in [0.25, 0.3) is 0 Å². The van der Waals surface area contributed by atoms with Gasteiger partial charge in [0.1, 0.15) is 5.56 Å². The van der Waals surface area contributed by atoms with Gasteiger partial charge in [0.2, 0.25) is 0 Å². The first kappa shape index (κ1) is 20.4. The van der Waals surface area contributed by atoms with E-state index in [1.165, 1.54) is 0 Å². The molecule has 3 rings (SSSR count). The summed E-state index contributed by atoms with van der Waals surface area (Å²) < 4.78 is 7.07. The molecule has 0 N–H and O–H groups in total. The van der Waals surface area contributed by atoms with Crippen LogP contribution in [0.1, 0.15) is 53.5 Å². The number of esters is 1. The van der Waals surface area contributed by atoms with Gasteiger partial charge < -0.3 is 9.64 Å². The zero-order valence-corrected chi connectivity index (χ0v) is 17.3. The molecule has 1 atom stereocenters. The summed E-state index contributed by atoms with van der Waals surface area (Å²) in [6.45, 7) is 6.57. The molecule has 0 bridgehead atoms. The Morgan fingerprint density at radius 3 is 2.71 bits per heavy atom. The molecule has 1 saturated heterocycles. The van der Waals surface area contributed by atoms with Crippen molar-refractivity contribution >= 4 is 23.5 Å². The van der Waals surface area contributed by atoms with E-state index in [2.05, 4.69) is 5.10 Å². The minimum absolute atomic E-state index is 0.140. The van der Waals surface area contributed by atoms with E-state index in [4.69, 9.17) is 16.3 Å². The average Bonchev–Trinajstić information content (AvgIpc) is 2.95. The monoisotopic (exact) mass is 403 g/mol. The van der Waals surface area contributed by atoms with E-state index in [0.29, 0.717) is 28.5 Å². The van der Waals surface area contributed by atoms with E-state index in [1.807, 2.05) is 38.1 Å². The third kappa shape index (κ3) is 4.38. The lowest BCUT2D eigenvalue weighted by Crippen LogP contribution is -2.44. The first-order valence-electron chi connectivity index (χ1n) is 9.62. The van der Waals surface area contributed by atoms with Crippen LogP contribution < -0.4 is 0 Å². The molecule has 0 aliphatic carbocycles.